The van der Waals surface area contributed by atoms with Gasteiger partial charge >= 0.3 is 0 Å². The lowest BCUT2D eigenvalue weighted by molar-refractivity contribution is 0.0563. The highest BCUT2D eigenvalue weighted by molar-refractivity contribution is 6.08. The summed E-state index contributed by atoms with van der Waals surface area (Å²) in [7, 11) is 0. The van der Waals surface area contributed by atoms with Crippen LogP contribution in [0.1, 0.15) is 28.9 Å². The van der Waals surface area contributed by atoms with Crippen LogP contribution >= 0.6 is 0 Å². The van der Waals surface area contributed by atoms with E-state index in [9.17, 15) is 9.90 Å². The molecule has 0 unspecified atom stereocenters. The summed E-state index contributed by atoms with van der Waals surface area (Å²) < 4.78 is 0. The van der Waals surface area contributed by atoms with Crippen LogP contribution < -0.4 is 5.32 Å². The van der Waals surface area contributed by atoms with E-state index in [0.29, 0.717) is 18.4 Å². The molecule has 1 amide bonds. The summed E-state index contributed by atoms with van der Waals surface area (Å²) in [6, 6.07) is 7.90. The third-order valence-electron chi connectivity index (χ3n) is 3.57. The quantitative estimate of drug-likeness (QED) is 0.753. The van der Waals surface area contributed by atoms with Gasteiger partial charge in [0.15, 0.2) is 0 Å². The van der Waals surface area contributed by atoms with Gasteiger partial charge < -0.3 is 15.4 Å². The van der Waals surface area contributed by atoms with Crippen molar-refractivity contribution < 1.29 is 9.90 Å². The number of aromatic nitrogens is 1. The largest absolute Gasteiger partial charge is 0.393 e. The van der Waals surface area contributed by atoms with Gasteiger partial charge in [-0.2, -0.15) is 0 Å². The Kier molecular flexibility index (Phi) is 2.59. The highest BCUT2D eigenvalue weighted by Crippen LogP contribution is 2.24. The topological polar surface area (TPSA) is 65.1 Å². The fraction of sp³-hybridized carbons (Fsp3) is 0.357. The fourth-order valence-corrected chi connectivity index (χ4v) is 2.53. The van der Waals surface area contributed by atoms with E-state index < -0.39 is 0 Å². The van der Waals surface area contributed by atoms with Crippen molar-refractivity contribution in [3.63, 3.8) is 0 Å². The minimum Gasteiger partial charge on any atom is -0.393 e. The Balaban J connectivity index is 1.89. The van der Waals surface area contributed by atoms with Crippen molar-refractivity contribution in [3.8, 4) is 0 Å². The maximum Gasteiger partial charge on any atom is 0.253 e. The molecule has 0 radical (unpaired) electrons. The molecule has 0 atom stereocenters. The van der Waals surface area contributed by atoms with E-state index in [0.717, 1.165) is 16.6 Å². The smallest absolute Gasteiger partial charge is 0.253 e. The first-order valence-electron chi connectivity index (χ1n) is 6.21. The Morgan fingerprint density at radius 1 is 1.39 bits per heavy atom. The molecule has 4 heteroatoms. The van der Waals surface area contributed by atoms with Crippen LogP contribution in [0.2, 0.25) is 0 Å². The minimum atomic E-state index is -0.251. The third kappa shape index (κ3) is 1.78. The van der Waals surface area contributed by atoms with Gasteiger partial charge in [-0.05, 0) is 25.8 Å². The van der Waals surface area contributed by atoms with Crippen molar-refractivity contribution in [1.82, 2.24) is 10.3 Å². The standard InChI is InChI=1S/C14H16N2O2/c1-8-13(11-4-2-3-5-12(11)15-8)14(18)16-9-6-10(17)7-9/h2-5,9-10,15,17H,6-7H2,1H3,(H,16,18). The number of rotatable bonds is 2. The number of H-pyrrole nitrogens is 1. The number of aryl methyl sites for hydroxylation is 1. The molecule has 3 N–H and O–H groups in total. The first kappa shape index (κ1) is 11.3. The second kappa shape index (κ2) is 4.14. The van der Waals surface area contributed by atoms with Crippen molar-refractivity contribution in [2.45, 2.75) is 31.9 Å². The van der Waals surface area contributed by atoms with Crippen molar-refractivity contribution in [2.24, 2.45) is 0 Å². The van der Waals surface area contributed by atoms with Gasteiger partial charge in [0.05, 0.1) is 11.7 Å². The SMILES string of the molecule is Cc1[nH]c2ccccc2c1C(=O)NC1CC(O)C1. The van der Waals surface area contributed by atoms with E-state index in [4.69, 9.17) is 0 Å². The first-order chi connectivity index (χ1) is 8.65. The summed E-state index contributed by atoms with van der Waals surface area (Å²) in [6.07, 6.45) is 1.07. The molecule has 1 aliphatic rings. The number of aliphatic hydroxyl groups excluding tert-OH is 1. The van der Waals surface area contributed by atoms with Crippen LogP contribution in [0.25, 0.3) is 10.9 Å². The molecule has 94 valence electrons. The molecule has 1 aromatic heterocycles. The molecular formula is C14H16N2O2. The van der Waals surface area contributed by atoms with Crippen molar-refractivity contribution in [3.05, 3.63) is 35.5 Å². The summed E-state index contributed by atoms with van der Waals surface area (Å²) in [6.45, 7) is 1.91. The van der Waals surface area contributed by atoms with Gasteiger partial charge in [-0.15, -0.1) is 0 Å². The number of amides is 1. The number of hydrogen-bond donors (Lipinski definition) is 3. The van der Waals surface area contributed by atoms with Gasteiger partial charge in [0.2, 0.25) is 0 Å². The zero-order chi connectivity index (χ0) is 12.7. The Labute approximate surface area is 105 Å². The minimum absolute atomic E-state index is 0.0538. The molecule has 0 bridgehead atoms. The molecule has 1 aromatic carbocycles. The number of carbonyl (C=O) groups excluding carboxylic acids is 1. The number of fused-ring (bicyclic) bond motifs is 1. The fourth-order valence-electron chi connectivity index (χ4n) is 2.53. The molecule has 0 saturated heterocycles. The molecule has 1 saturated carbocycles. The number of carbonyl (C=O) groups is 1. The van der Waals surface area contributed by atoms with Gasteiger partial charge in [-0.25, -0.2) is 0 Å². The number of hydrogen-bond acceptors (Lipinski definition) is 2. The van der Waals surface area contributed by atoms with Gasteiger partial charge in [-0.1, -0.05) is 18.2 Å². The predicted molar refractivity (Wildman–Crippen MR) is 69.5 cm³/mol. The zero-order valence-corrected chi connectivity index (χ0v) is 10.2. The third-order valence-corrected chi connectivity index (χ3v) is 3.57. The van der Waals surface area contributed by atoms with Crippen LogP contribution in [-0.2, 0) is 0 Å². The van der Waals surface area contributed by atoms with E-state index in [1.54, 1.807) is 0 Å². The number of para-hydroxylation sites is 1. The molecule has 18 heavy (non-hydrogen) atoms. The van der Waals surface area contributed by atoms with Gasteiger partial charge in [0, 0.05) is 22.6 Å². The van der Waals surface area contributed by atoms with E-state index in [-0.39, 0.29) is 18.1 Å². The average Bonchev–Trinajstić information content (AvgIpc) is 2.62. The van der Waals surface area contributed by atoms with Crippen LogP contribution in [0.15, 0.2) is 24.3 Å². The molecule has 2 aromatic rings. The van der Waals surface area contributed by atoms with Gasteiger partial charge in [0.1, 0.15) is 0 Å². The molecule has 0 spiro atoms. The zero-order valence-electron chi connectivity index (χ0n) is 10.2. The maximum absolute atomic E-state index is 12.2. The first-order valence-corrected chi connectivity index (χ1v) is 6.21. The van der Waals surface area contributed by atoms with Crippen molar-refractivity contribution in [1.29, 1.82) is 0 Å². The summed E-state index contributed by atoms with van der Waals surface area (Å²) in [4.78, 5) is 15.5. The molecule has 3 rings (SSSR count). The maximum atomic E-state index is 12.2. The van der Waals surface area contributed by atoms with Crippen molar-refractivity contribution in [2.75, 3.05) is 0 Å². The van der Waals surface area contributed by atoms with E-state index in [2.05, 4.69) is 10.3 Å². The summed E-state index contributed by atoms with van der Waals surface area (Å²) in [5, 5.41) is 13.1. The summed E-state index contributed by atoms with van der Waals surface area (Å²) in [5.74, 6) is -0.0538. The Morgan fingerprint density at radius 2 is 2.11 bits per heavy atom. The molecule has 0 aliphatic heterocycles. The van der Waals surface area contributed by atoms with Crippen LogP contribution in [0.4, 0.5) is 0 Å². The Hall–Kier alpha value is -1.81. The van der Waals surface area contributed by atoms with Gasteiger partial charge in [-0.3, -0.25) is 4.79 Å². The summed E-state index contributed by atoms with van der Waals surface area (Å²) >= 11 is 0. The lowest BCUT2D eigenvalue weighted by Crippen LogP contribution is -2.46. The lowest BCUT2D eigenvalue weighted by Gasteiger charge is -2.31. The molecule has 1 fully saturated rings. The molecule has 4 nitrogen and oxygen atoms in total. The van der Waals surface area contributed by atoms with E-state index >= 15 is 0 Å². The molecular weight excluding hydrogens is 228 g/mol. The Morgan fingerprint density at radius 3 is 2.83 bits per heavy atom. The van der Waals surface area contributed by atoms with Crippen LogP contribution in [0.3, 0.4) is 0 Å². The molecule has 1 aliphatic carbocycles. The second-order valence-electron chi connectivity index (χ2n) is 4.97. The number of aliphatic hydroxyl groups is 1. The van der Waals surface area contributed by atoms with Crippen LogP contribution in [0, 0.1) is 6.92 Å². The van der Waals surface area contributed by atoms with Crippen LogP contribution in [-0.4, -0.2) is 28.1 Å². The van der Waals surface area contributed by atoms with Gasteiger partial charge in [0.25, 0.3) is 5.91 Å². The predicted octanol–water partition coefficient (Wildman–Crippen LogP) is 1.73. The molecule has 1 heterocycles. The van der Waals surface area contributed by atoms with Crippen LogP contribution in [0.5, 0.6) is 0 Å². The normalized spacial score (nSPS) is 22.8. The monoisotopic (exact) mass is 244 g/mol. The lowest BCUT2D eigenvalue weighted by atomic mass is 9.89. The number of aromatic amines is 1. The van der Waals surface area contributed by atoms with E-state index in [1.807, 2.05) is 31.2 Å². The highest BCUT2D eigenvalue weighted by atomic mass is 16.3. The highest BCUT2D eigenvalue weighted by Gasteiger charge is 2.29. The summed E-state index contributed by atoms with van der Waals surface area (Å²) in [5.41, 5.74) is 2.58. The average molecular weight is 244 g/mol. The number of nitrogens with one attached hydrogen (secondary N) is 2. The van der Waals surface area contributed by atoms with E-state index in [1.165, 1.54) is 0 Å². The van der Waals surface area contributed by atoms with Crippen molar-refractivity contribution >= 4 is 16.8 Å². The Bertz CT molecular complexity index is 597. The number of benzene rings is 1. The second-order valence-corrected chi connectivity index (χ2v) is 4.97.